The number of halogens is 2. The van der Waals surface area contributed by atoms with Gasteiger partial charge in [0, 0.05) is 12.0 Å². The third-order valence-corrected chi connectivity index (χ3v) is 4.04. The second kappa shape index (κ2) is 4.14. The molecule has 1 saturated carbocycles. The molecule has 1 fully saturated rings. The fourth-order valence-corrected chi connectivity index (χ4v) is 2.94. The molecule has 0 aromatic heterocycles. The largest absolute Gasteiger partial charge is 0.351 e. The first-order valence-corrected chi connectivity index (χ1v) is 6.71. The summed E-state index contributed by atoms with van der Waals surface area (Å²) in [6.07, 6.45) is 0.453. The molecule has 1 atom stereocenters. The Morgan fingerprint density at radius 1 is 1.22 bits per heavy atom. The van der Waals surface area contributed by atoms with E-state index >= 15 is 0 Å². The van der Waals surface area contributed by atoms with E-state index in [1.165, 1.54) is 0 Å². The zero-order valence-electron chi connectivity index (χ0n) is 10.8. The van der Waals surface area contributed by atoms with Gasteiger partial charge in [0.25, 0.3) is 0 Å². The van der Waals surface area contributed by atoms with Gasteiger partial charge in [0.05, 0.1) is 0 Å². The van der Waals surface area contributed by atoms with E-state index in [2.05, 4.69) is 5.32 Å². The minimum Gasteiger partial charge on any atom is -0.351 e. The van der Waals surface area contributed by atoms with Crippen molar-refractivity contribution in [1.82, 2.24) is 5.32 Å². The van der Waals surface area contributed by atoms with E-state index in [4.69, 9.17) is 23.2 Å². The molecule has 0 radical (unpaired) electrons. The summed E-state index contributed by atoms with van der Waals surface area (Å²) >= 11 is 12.5. The van der Waals surface area contributed by atoms with E-state index in [1.807, 2.05) is 51.1 Å². The predicted octanol–water partition coefficient (Wildman–Crippen LogP) is 3.42. The topological polar surface area (TPSA) is 29.1 Å². The maximum Gasteiger partial charge on any atom is 0.234 e. The molecular weight excluding hydrogens is 269 g/mol. The van der Waals surface area contributed by atoms with Crippen LogP contribution in [0.15, 0.2) is 30.3 Å². The number of rotatable bonds is 2. The Labute approximate surface area is 118 Å². The molecule has 2 nitrogen and oxygen atoms in total. The summed E-state index contributed by atoms with van der Waals surface area (Å²) in [5, 5.41) is 2.97. The van der Waals surface area contributed by atoms with Crippen LogP contribution in [0.5, 0.6) is 0 Å². The number of hydrogen-bond acceptors (Lipinski definition) is 1. The van der Waals surface area contributed by atoms with Gasteiger partial charge in [-0.05, 0) is 26.3 Å². The summed E-state index contributed by atoms with van der Waals surface area (Å²) < 4.78 is -1.01. The van der Waals surface area contributed by atoms with Crippen molar-refractivity contribution in [2.75, 3.05) is 0 Å². The molecule has 1 aromatic rings. The van der Waals surface area contributed by atoms with Crippen molar-refractivity contribution in [3.8, 4) is 0 Å². The lowest BCUT2D eigenvalue weighted by Crippen LogP contribution is -2.47. The van der Waals surface area contributed by atoms with Crippen molar-refractivity contribution in [2.24, 2.45) is 0 Å². The van der Waals surface area contributed by atoms with Crippen molar-refractivity contribution >= 4 is 29.1 Å². The van der Waals surface area contributed by atoms with Crippen molar-refractivity contribution < 1.29 is 4.79 Å². The third kappa shape index (κ3) is 2.24. The maximum atomic E-state index is 12.5. The molecular formula is C14H17Cl2NO. The molecule has 1 unspecified atom stereocenters. The highest BCUT2D eigenvalue weighted by molar-refractivity contribution is 6.54. The van der Waals surface area contributed by atoms with E-state index < -0.39 is 9.75 Å². The van der Waals surface area contributed by atoms with Crippen LogP contribution in [0.2, 0.25) is 0 Å². The van der Waals surface area contributed by atoms with E-state index in [1.54, 1.807) is 0 Å². The smallest absolute Gasteiger partial charge is 0.234 e. The van der Waals surface area contributed by atoms with Gasteiger partial charge in [-0.1, -0.05) is 30.3 Å². The van der Waals surface area contributed by atoms with Gasteiger partial charge >= 0.3 is 0 Å². The van der Waals surface area contributed by atoms with Gasteiger partial charge in [0.2, 0.25) is 5.91 Å². The molecule has 1 N–H and O–H groups in total. The Hall–Kier alpha value is -0.730. The number of amides is 1. The third-order valence-electron chi connectivity index (χ3n) is 3.13. The van der Waals surface area contributed by atoms with Gasteiger partial charge in [0.15, 0.2) is 0 Å². The quantitative estimate of drug-likeness (QED) is 0.829. The van der Waals surface area contributed by atoms with Crippen molar-refractivity contribution in [2.45, 2.75) is 42.5 Å². The predicted molar refractivity (Wildman–Crippen MR) is 75.1 cm³/mol. The summed E-state index contributed by atoms with van der Waals surface area (Å²) in [6.45, 7) is 5.82. The molecule has 98 valence electrons. The molecule has 1 aliphatic carbocycles. The molecule has 1 aromatic carbocycles. The Balaban J connectivity index is 2.34. The van der Waals surface area contributed by atoms with Crippen LogP contribution in [-0.4, -0.2) is 15.8 Å². The SMILES string of the molecule is CC(C)(C)NC(=O)C1(c2ccccc2)CC1(Cl)Cl. The minimum absolute atomic E-state index is 0.105. The molecule has 0 aliphatic heterocycles. The van der Waals surface area contributed by atoms with Gasteiger partial charge in [-0.2, -0.15) is 0 Å². The van der Waals surface area contributed by atoms with Crippen LogP contribution in [0.3, 0.4) is 0 Å². The van der Waals surface area contributed by atoms with E-state index in [9.17, 15) is 4.79 Å². The number of carbonyl (C=O) groups is 1. The number of carbonyl (C=O) groups excluding carboxylic acids is 1. The van der Waals surface area contributed by atoms with Gasteiger partial charge in [-0.25, -0.2) is 0 Å². The van der Waals surface area contributed by atoms with Gasteiger partial charge in [-0.15, -0.1) is 23.2 Å². The Morgan fingerprint density at radius 3 is 2.11 bits per heavy atom. The summed E-state index contributed by atoms with van der Waals surface area (Å²) in [6, 6.07) is 9.49. The molecule has 18 heavy (non-hydrogen) atoms. The van der Waals surface area contributed by atoms with Gasteiger partial charge in [0.1, 0.15) is 9.75 Å². The fourth-order valence-electron chi connectivity index (χ4n) is 2.15. The lowest BCUT2D eigenvalue weighted by molar-refractivity contribution is -0.125. The van der Waals surface area contributed by atoms with Crippen LogP contribution < -0.4 is 5.32 Å². The molecule has 0 bridgehead atoms. The molecule has 0 spiro atoms. The highest BCUT2D eigenvalue weighted by atomic mass is 35.5. The highest BCUT2D eigenvalue weighted by Crippen LogP contribution is 2.65. The Kier molecular flexibility index (Phi) is 3.15. The van der Waals surface area contributed by atoms with Crippen LogP contribution in [0.4, 0.5) is 0 Å². The summed E-state index contributed by atoms with van der Waals surface area (Å²) in [5.41, 5.74) is -0.243. The average Bonchev–Trinajstić information content (AvgIpc) is 2.82. The number of alkyl halides is 2. The summed E-state index contributed by atoms with van der Waals surface area (Å²) in [4.78, 5) is 12.5. The van der Waals surface area contributed by atoms with Gasteiger partial charge in [-0.3, -0.25) is 4.79 Å². The molecule has 1 aliphatic rings. The average molecular weight is 286 g/mol. The Morgan fingerprint density at radius 2 is 1.72 bits per heavy atom. The number of benzene rings is 1. The monoisotopic (exact) mass is 285 g/mol. The zero-order valence-corrected chi connectivity index (χ0v) is 12.3. The highest BCUT2D eigenvalue weighted by Gasteiger charge is 2.72. The Bertz CT molecular complexity index is 464. The minimum atomic E-state index is -1.01. The van der Waals surface area contributed by atoms with Crippen molar-refractivity contribution in [3.63, 3.8) is 0 Å². The zero-order chi connectivity index (χ0) is 13.6. The first-order chi connectivity index (χ1) is 8.19. The first kappa shape index (κ1) is 13.7. The number of nitrogens with one attached hydrogen (secondary N) is 1. The second-order valence-corrected chi connectivity index (χ2v) is 7.34. The lowest BCUT2D eigenvalue weighted by atomic mass is 9.93. The van der Waals surface area contributed by atoms with E-state index in [-0.39, 0.29) is 11.4 Å². The molecule has 0 heterocycles. The summed E-state index contributed by atoms with van der Waals surface area (Å²) in [5.74, 6) is -0.105. The first-order valence-electron chi connectivity index (χ1n) is 5.95. The molecule has 0 saturated heterocycles. The van der Waals surface area contributed by atoms with Crippen molar-refractivity contribution in [1.29, 1.82) is 0 Å². The maximum absolute atomic E-state index is 12.5. The standard InChI is InChI=1S/C14H17Cl2NO/c1-12(2,3)17-11(18)13(9-14(13,15)16)10-7-5-4-6-8-10/h4-8H,9H2,1-3H3,(H,17,18). The normalized spacial score (nSPS) is 25.6. The molecule has 4 heteroatoms. The second-order valence-electron chi connectivity index (χ2n) is 5.86. The van der Waals surface area contributed by atoms with Crippen LogP contribution in [0.1, 0.15) is 32.8 Å². The van der Waals surface area contributed by atoms with E-state index in [0.717, 1.165) is 5.56 Å². The summed E-state index contributed by atoms with van der Waals surface area (Å²) in [7, 11) is 0. The van der Waals surface area contributed by atoms with Gasteiger partial charge < -0.3 is 5.32 Å². The van der Waals surface area contributed by atoms with Crippen LogP contribution >= 0.6 is 23.2 Å². The molecule has 2 rings (SSSR count). The molecule has 1 amide bonds. The van der Waals surface area contributed by atoms with Crippen molar-refractivity contribution in [3.05, 3.63) is 35.9 Å². The number of hydrogen-bond donors (Lipinski definition) is 1. The van der Waals surface area contributed by atoms with Crippen LogP contribution in [0.25, 0.3) is 0 Å². The van der Waals surface area contributed by atoms with Crippen LogP contribution in [-0.2, 0) is 10.2 Å². The lowest BCUT2D eigenvalue weighted by Gasteiger charge is -2.26. The van der Waals surface area contributed by atoms with E-state index in [0.29, 0.717) is 6.42 Å². The van der Waals surface area contributed by atoms with Crippen LogP contribution in [0, 0.1) is 0 Å². The fraction of sp³-hybridized carbons (Fsp3) is 0.500.